The number of benzene rings is 1. The average Bonchev–Trinajstić information content (AvgIpc) is 3.08. The molecule has 1 heterocycles. The lowest BCUT2D eigenvalue weighted by molar-refractivity contribution is -0.144. The summed E-state index contributed by atoms with van der Waals surface area (Å²) in [6.07, 6.45) is 7.15. The van der Waals surface area contributed by atoms with Crippen molar-refractivity contribution in [3.05, 3.63) is 29.8 Å². The van der Waals surface area contributed by atoms with Gasteiger partial charge < -0.3 is 19.5 Å². The number of nitrogens with one attached hydrogen (secondary N) is 1. The molecule has 0 aromatic heterocycles. The van der Waals surface area contributed by atoms with Crippen molar-refractivity contribution in [2.24, 2.45) is 5.92 Å². The van der Waals surface area contributed by atoms with Gasteiger partial charge in [0.05, 0.1) is 0 Å². The maximum atomic E-state index is 11.9. The Hall–Kier alpha value is -2.50. The van der Waals surface area contributed by atoms with Gasteiger partial charge in [0.15, 0.2) is 18.1 Å². The molecule has 0 unspecified atom stereocenters. The summed E-state index contributed by atoms with van der Waals surface area (Å²) in [5.41, 5.74) is 0.793. The van der Waals surface area contributed by atoms with E-state index >= 15 is 0 Å². The molecule has 1 aliphatic heterocycles. The second-order valence-electron chi connectivity index (χ2n) is 6.58. The van der Waals surface area contributed by atoms with Crippen molar-refractivity contribution < 1.29 is 23.8 Å². The molecule has 6 nitrogen and oxygen atoms in total. The predicted molar refractivity (Wildman–Crippen MR) is 92.1 cm³/mol. The van der Waals surface area contributed by atoms with Gasteiger partial charge in [0.1, 0.15) is 0 Å². The number of carbonyl (C=O) groups excluding carboxylic acids is 2. The van der Waals surface area contributed by atoms with E-state index in [0.717, 1.165) is 37.2 Å². The van der Waals surface area contributed by atoms with Gasteiger partial charge >= 0.3 is 5.97 Å². The largest absolute Gasteiger partial charge is 0.454 e. The summed E-state index contributed by atoms with van der Waals surface area (Å²) >= 11 is 0. The standard InChI is InChI=1S/C19H23NO5/c1-13-2-6-15(7-3-13)20-18(21)11-23-19(22)9-5-14-4-8-16-17(10-14)25-12-24-16/h4-5,8-10,13,15H,2-3,6-7,11-12H2,1H3,(H,20,21)/b9-5+. The van der Waals surface area contributed by atoms with Crippen molar-refractivity contribution in [1.82, 2.24) is 5.32 Å². The first kappa shape index (κ1) is 17.3. The molecule has 1 fully saturated rings. The average molecular weight is 345 g/mol. The first-order valence-corrected chi connectivity index (χ1v) is 8.64. The highest BCUT2D eigenvalue weighted by Gasteiger charge is 2.20. The Labute approximate surface area is 147 Å². The highest BCUT2D eigenvalue weighted by molar-refractivity contribution is 5.89. The Balaban J connectivity index is 1.41. The van der Waals surface area contributed by atoms with Crippen molar-refractivity contribution in [2.75, 3.05) is 13.4 Å². The molecule has 1 aliphatic carbocycles. The van der Waals surface area contributed by atoms with E-state index in [1.165, 1.54) is 6.08 Å². The Morgan fingerprint density at radius 3 is 2.76 bits per heavy atom. The van der Waals surface area contributed by atoms with Gasteiger partial charge in [-0.25, -0.2) is 4.79 Å². The lowest BCUT2D eigenvalue weighted by Gasteiger charge is -2.26. The molecule has 134 valence electrons. The van der Waals surface area contributed by atoms with Gasteiger partial charge in [-0.05, 0) is 55.4 Å². The summed E-state index contributed by atoms with van der Waals surface area (Å²) in [5.74, 6) is 1.27. The third-order valence-electron chi connectivity index (χ3n) is 4.53. The molecule has 1 saturated carbocycles. The molecular formula is C19H23NO5. The van der Waals surface area contributed by atoms with Gasteiger partial charge in [0, 0.05) is 12.1 Å². The number of hydrogen-bond donors (Lipinski definition) is 1. The maximum absolute atomic E-state index is 11.9. The van der Waals surface area contributed by atoms with Crippen LogP contribution in [0.2, 0.25) is 0 Å². The van der Waals surface area contributed by atoms with Crippen molar-refractivity contribution in [3.8, 4) is 11.5 Å². The number of rotatable bonds is 5. The highest BCUT2D eigenvalue weighted by Crippen LogP contribution is 2.32. The SMILES string of the molecule is CC1CCC(NC(=O)COC(=O)/C=C/c2ccc3c(c2)OCO3)CC1. The summed E-state index contributed by atoms with van der Waals surface area (Å²) < 4.78 is 15.5. The van der Waals surface area contributed by atoms with Crippen LogP contribution in [0.25, 0.3) is 6.08 Å². The Morgan fingerprint density at radius 1 is 1.20 bits per heavy atom. The minimum Gasteiger partial charge on any atom is -0.454 e. The van der Waals surface area contributed by atoms with E-state index < -0.39 is 5.97 Å². The van der Waals surface area contributed by atoms with Crippen molar-refractivity contribution in [3.63, 3.8) is 0 Å². The summed E-state index contributed by atoms with van der Waals surface area (Å²) in [7, 11) is 0. The van der Waals surface area contributed by atoms with Gasteiger partial charge in [-0.3, -0.25) is 4.79 Å². The van der Waals surface area contributed by atoms with Crippen LogP contribution < -0.4 is 14.8 Å². The third kappa shape index (κ3) is 4.98. The molecule has 1 N–H and O–H groups in total. The zero-order valence-corrected chi connectivity index (χ0v) is 14.3. The number of carbonyl (C=O) groups is 2. The quantitative estimate of drug-likeness (QED) is 0.656. The zero-order chi connectivity index (χ0) is 17.6. The molecule has 1 aromatic carbocycles. The molecule has 0 spiro atoms. The van der Waals surface area contributed by atoms with Gasteiger partial charge in [0.2, 0.25) is 6.79 Å². The van der Waals surface area contributed by atoms with E-state index in [1.54, 1.807) is 18.2 Å². The van der Waals surface area contributed by atoms with E-state index in [-0.39, 0.29) is 25.3 Å². The lowest BCUT2D eigenvalue weighted by Crippen LogP contribution is -2.39. The van der Waals surface area contributed by atoms with Crippen LogP contribution in [0.5, 0.6) is 11.5 Å². The molecule has 3 rings (SSSR count). The van der Waals surface area contributed by atoms with E-state index in [0.29, 0.717) is 11.5 Å². The first-order valence-electron chi connectivity index (χ1n) is 8.64. The number of esters is 1. The summed E-state index contributed by atoms with van der Waals surface area (Å²) in [6, 6.07) is 5.58. The highest BCUT2D eigenvalue weighted by atomic mass is 16.7. The van der Waals surface area contributed by atoms with Crippen molar-refractivity contribution in [2.45, 2.75) is 38.6 Å². The number of amides is 1. The lowest BCUT2D eigenvalue weighted by atomic mass is 9.87. The van der Waals surface area contributed by atoms with Crippen LogP contribution in [0.1, 0.15) is 38.2 Å². The van der Waals surface area contributed by atoms with Crippen molar-refractivity contribution in [1.29, 1.82) is 0 Å². The van der Waals surface area contributed by atoms with Gasteiger partial charge in [0.25, 0.3) is 5.91 Å². The number of fused-ring (bicyclic) bond motifs is 1. The normalized spacial score (nSPS) is 22.0. The third-order valence-corrected chi connectivity index (χ3v) is 4.53. The fourth-order valence-corrected chi connectivity index (χ4v) is 3.04. The van der Waals surface area contributed by atoms with Crippen LogP contribution in [0.15, 0.2) is 24.3 Å². The minimum absolute atomic E-state index is 0.201. The monoisotopic (exact) mass is 345 g/mol. The fraction of sp³-hybridized carbons (Fsp3) is 0.474. The molecule has 0 saturated heterocycles. The van der Waals surface area contributed by atoms with Crippen LogP contribution in [-0.4, -0.2) is 31.3 Å². The Kier molecular flexibility index (Phi) is 5.58. The van der Waals surface area contributed by atoms with E-state index in [1.807, 2.05) is 6.07 Å². The second-order valence-corrected chi connectivity index (χ2v) is 6.58. The molecule has 0 atom stereocenters. The summed E-state index contributed by atoms with van der Waals surface area (Å²) in [4.78, 5) is 23.6. The van der Waals surface area contributed by atoms with E-state index in [2.05, 4.69) is 12.2 Å². The Bertz CT molecular complexity index is 662. The van der Waals surface area contributed by atoms with Gasteiger partial charge in [-0.1, -0.05) is 13.0 Å². The van der Waals surface area contributed by atoms with Crippen LogP contribution in [0.3, 0.4) is 0 Å². The topological polar surface area (TPSA) is 73.9 Å². The fourth-order valence-electron chi connectivity index (χ4n) is 3.04. The van der Waals surface area contributed by atoms with Crippen LogP contribution in [0.4, 0.5) is 0 Å². The van der Waals surface area contributed by atoms with Crippen LogP contribution in [-0.2, 0) is 14.3 Å². The number of hydrogen-bond acceptors (Lipinski definition) is 5. The van der Waals surface area contributed by atoms with Gasteiger partial charge in [-0.15, -0.1) is 0 Å². The molecular weight excluding hydrogens is 322 g/mol. The smallest absolute Gasteiger partial charge is 0.331 e. The number of ether oxygens (including phenoxy) is 3. The molecule has 25 heavy (non-hydrogen) atoms. The maximum Gasteiger partial charge on any atom is 0.331 e. The summed E-state index contributed by atoms with van der Waals surface area (Å²) in [5, 5.41) is 2.93. The van der Waals surface area contributed by atoms with Crippen LogP contribution >= 0.6 is 0 Å². The van der Waals surface area contributed by atoms with E-state index in [4.69, 9.17) is 14.2 Å². The molecule has 1 aromatic rings. The van der Waals surface area contributed by atoms with Crippen LogP contribution in [0, 0.1) is 5.92 Å². The molecule has 0 radical (unpaired) electrons. The van der Waals surface area contributed by atoms with Gasteiger partial charge in [-0.2, -0.15) is 0 Å². The molecule has 1 amide bonds. The molecule has 6 heteroatoms. The molecule has 0 bridgehead atoms. The Morgan fingerprint density at radius 2 is 1.96 bits per heavy atom. The molecule has 2 aliphatic rings. The second kappa shape index (κ2) is 8.05. The van der Waals surface area contributed by atoms with Crippen molar-refractivity contribution >= 4 is 18.0 Å². The minimum atomic E-state index is -0.551. The zero-order valence-electron chi connectivity index (χ0n) is 14.3. The first-order chi connectivity index (χ1) is 12.1. The summed E-state index contributed by atoms with van der Waals surface area (Å²) in [6.45, 7) is 2.18. The van der Waals surface area contributed by atoms with E-state index in [9.17, 15) is 9.59 Å². The predicted octanol–water partition coefficient (Wildman–Crippen LogP) is 2.67.